The molecule has 2 N–H and O–H groups in total. The molecule has 0 saturated heterocycles. The molecule has 110 valence electrons. The van der Waals surface area contributed by atoms with E-state index in [0.29, 0.717) is 29.3 Å². The second-order valence-corrected chi connectivity index (χ2v) is 6.25. The fraction of sp³-hybridized carbons (Fsp3) is 0.368. The topological polar surface area (TPSA) is 40.5 Å². The summed E-state index contributed by atoms with van der Waals surface area (Å²) < 4.78 is 0. The molecule has 0 saturated carbocycles. The van der Waals surface area contributed by atoms with E-state index < -0.39 is 0 Å². The van der Waals surface area contributed by atoms with Crippen molar-refractivity contribution in [3.8, 4) is 11.5 Å². The van der Waals surface area contributed by atoms with Gasteiger partial charge in [0.15, 0.2) is 0 Å². The van der Waals surface area contributed by atoms with E-state index in [1.165, 1.54) is 16.7 Å². The SMILES string of the molecule is CC(c1ccc(O)cc1)C1CCc2cc(O)ccc2C1C. The molecule has 3 rings (SSSR count). The fourth-order valence-corrected chi connectivity index (χ4v) is 3.76. The number of aryl methyl sites for hydroxylation is 1. The van der Waals surface area contributed by atoms with Crippen molar-refractivity contribution in [3.05, 3.63) is 59.2 Å². The second kappa shape index (κ2) is 5.44. The van der Waals surface area contributed by atoms with E-state index in [4.69, 9.17) is 0 Å². The van der Waals surface area contributed by atoms with Crippen LogP contribution in [0, 0.1) is 5.92 Å². The summed E-state index contributed by atoms with van der Waals surface area (Å²) in [5, 5.41) is 19.1. The minimum atomic E-state index is 0.323. The summed E-state index contributed by atoms with van der Waals surface area (Å²) in [5.41, 5.74) is 3.94. The highest BCUT2D eigenvalue weighted by Crippen LogP contribution is 2.44. The summed E-state index contributed by atoms with van der Waals surface area (Å²) in [5.74, 6) is 2.22. The third-order valence-electron chi connectivity index (χ3n) is 5.07. The maximum absolute atomic E-state index is 9.63. The van der Waals surface area contributed by atoms with Crippen molar-refractivity contribution in [2.75, 3.05) is 0 Å². The zero-order valence-corrected chi connectivity index (χ0v) is 12.6. The van der Waals surface area contributed by atoms with Crippen LogP contribution in [-0.2, 0) is 6.42 Å². The van der Waals surface area contributed by atoms with Gasteiger partial charge in [0.25, 0.3) is 0 Å². The molecule has 2 heteroatoms. The van der Waals surface area contributed by atoms with Crippen LogP contribution in [-0.4, -0.2) is 10.2 Å². The highest BCUT2D eigenvalue weighted by molar-refractivity contribution is 5.40. The summed E-state index contributed by atoms with van der Waals surface area (Å²) in [6.45, 7) is 4.57. The Kier molecular flexibility index (Phi) is 3.62. The first-order valence-corrected chi connectivity index (χ1v) is 7.67. The number of phenolic OH excluding ortho intramolecular Hbond substituents is 2. The lowest BCUT2D eigenvalue weighted by molar-refractivity contribution is 0.337. The first kappa shape index (κ1) is 14.0. The minimum Gasteiger partial charge on any atom is -0.508 e. The molecule has 0 aliphatic heterocycles. The molecule has 0 bridgehead atoms. The molecule has 1 aliphatic rings. The van der Waals surface area contributed by atoms with E-state index in [1.54, 1.807) is 18.2 Å². The molecule has 0 fully saturated rings. The first-order chi connectivity index (χ1) is 10.1. The summed E-state index contributed by atoms with van der Waals surface area (Å²) >= 11 is 0. The number of phenols is 2. The fourth-order valence-electron chi connectivity index (χ4n) is 3.76. The van der Waals surface area contributed by atoms with Crippen LogP contribution in [0.3, 0.4) is 0 Å². The Bertz CT molecular complexity index is 631. The molecule has 0 radical (unpaired) electrons. The minimum absolute atomic E-state index is 0.323. The number of aromatic hydroxyl groups is 2. The lowest BCUT2D eigenvalue weighted by Crippen LogP contribution is -2.23. The molecular formula is C19H22O2. The zero-order chi connectivity index (χ0) is 15.0. The van der Waals surface area contributed by atoms with Crippen molar-refractivity contribution in [2.24, 2.45) is 5.92 Å². The third kappa shape index (κ3) is 2.63. The van der Waals surface area contributed by atoms with Crippen LogP contribution in [0.2, 0.25) is 0 Å². The number of fused-ring (bicyclic) bond motifs is 1. The van der Waals surface area contributed by atoms with Gasteiger partial charge in [0.2, 0.25) is 0 Å². The largest absolute Gasteiger partial charge is 0.508 e. The van der Waals surface area contributed by atoms with Gasteiger partial charge < -0.3 is 10.2 Å². The highest BCUT2D eigenvalue weighted by Gasteiger charge is 2.30. The molecule has 2 nitrogen and oxygen atoms in total. The van der Waals surface area contributed by atoms with Crippen LogP contribution >= 0.6 is 0 Å². The molecule has 2 aromatic rings. The molecule has 2 aromatic carbocycles. The monoisotopic (exact) mass is 282 g/mol. The van der Waals surface area contributed by atoms with Gasteiger partial charge in [-0.3, -0.25) is 0 Å². The summed E-state index contributed by atoms with van der Waals surface area (Å²) in [6, 6.07) is 13.4. The summed E-state index contributed by atoms with van der Waals surface area (Å²) in [4.78, 5) is 0. The molecule has 3 unspecified atom stereocenters. The van der Waals surface area contributed by atoms with Gasteiger partial charge in [-0.1, -0.05) is 32.0 Å². The predicted molar refractivity (Wildman–Crippen MR) is 84.9 cm³/mol. The average molecular weight is 282 g/mol. The molecule has 21 heavy (non-hydrogen) atoms. The van der Waals surface area contributed by atoms with Crippen LogP contribution in [0.15, 0.2) is 42.5 Å². The number of rotatable bonds is 2. The normalized spacial score (nSPS) is 22.6. The highest BCUT2D eigenvalue weighted by atomic mass is 16.3. The standard InChI is InChI=1S/C19H22O2/c1-12(14-3-6-16(20)7-4-14)18-9-5-15-11-17(21)8-10-19(15)13(18)2/h3-4,6-8,10-13,18,20-21H,5,9H2,1-2H3. The van der Waals surface area contributed by atoms with Gasteiger partial charge in [-0.2, -0.15) is 0 Å². The Hall–Kier alpha value is -1.96. The molecule has 0 spiro atoms. The Morgan fingerprint density at radius 3 is 2.38 bits per heavy atom. The summed E-state index contributed by atoms with van der Waals surface area (Å²) in [7, 11) is 0. The zero-order valence-electron chi connectivity index (χ0n) is 12.6. The molecule has 3 atom stereocenters. The summed E-state index contributed by atoms with van der Waals surface area (Å²) in [6.07, 6.45) is 2.17. The number of hydrogen-bond donors (Lipinski definition) is 2. The predicted octanol–water partition coefficient (Wildman–Crippen LogP) is 4.57. The molecule has 1 aliphatic carbocycles. The van der Waals surface area contributed by atoms with Gasteiger partial charge in [-0.25, -0.2) is 0 Å². The molecular weight excluding hydrogens is 260 g/mol. The van der Waals surface area contributed by atoms with Crippen LogP contribution in [0.1, 0.15) is 48.8 Å². The Morgan fingerprint density at radius 2 is 1.67 bits per heavy atom. The van der Waals surface area contributed by atoms with Gasteiger partial charge in [-0.15, -0.1) is 0 Å². The molecule has 0 amide bonds. The lowest BCUT2D eigenvalue weighted by Gasteiger charge is -2.35. The van der Waals surface area contributed by atoms with Crippen LogP contribution in [0.25, 0.3) is 0 Å². The van der Waals surface area contributed by atoms with E-state index in [1.807, 2.05) is 18.2 Å². The molecule has 0 aromatic heterocycles. The lowest BCUT2D eigenvalue weighted by atomic mass is 9.69. The van der Waals surface area contributed by atoms with E-state index in [-0.39, 0.29) is 0 Å². The Labute approximate surface area is 126 Å². The van der Waals surface area contributed by atoms with E-state index in [0.717, 1.165) is 12.8 Å². The van der Waals surface area contributed by atoms with E-state index in [2.05, 4.69) is 19.9 Å². The van der Waals surface area contributed by atoms with Crippen molar-refractivity contribution in [1.82, 2.24) is 0 Å². The van der Waals surface area contributed by atoms with Gasteiger partial charge in [-0.05, 0) is 71.6 Å². The van der Waals surface area contributed by atoms with E-state index in [9.17, 15) is 10.2 Å². The number of benzene rings is 2. The Morgan fingerprint density at radius 1 is 1.00 bits per heavy atom. The maximum atomic E-state index is 9.63. The first-order valence-electron chi connectivity index (χ1n) is 7.67. The molecule has 0 heterocycles. The van der Waals surface area contributed by atoms with Crippen molar-refractivity contribution in [3.63, 3.8) is 0 Å². The van der Waals surface area contributed by atoms with Crippen LogP contribution in [0.5, 0.6) is 11.5 Å². The quantitative estimate of drug-likeness (QED) is 0.847. The van der Waals surface area contributed by atoms with E-state index >= 15 is 0 Å². The maximum Gasteiger partial charge on any atom is 0.115 e. The van der Waals surface area contributed by atoms with Crippen LogP contribution in [0.4, 0.5) is 0 Å². The van der Waals surface area contributed by atoms with Crippen molar-refractivity contribution < 1.29 is 10.2 Å². The number of hydrogen-bond acceptors (Lipinski definition) is 2. The van der Waals surface area contributed by atoms with Crippen LogP contribution < -0.4 is 0 Å². The van der Waals surface area contributed by atoms with Gasteiger partial charge in [0.05, 0.1) is 0 Å². The second-order valence-electron chi connectivity index (χ2n) is 6.25. The smallest absolute Gasteiger partial charge is 0.115 e. The van der Waals surface area contributed by atoms with Crippen molar-refractivity contribution in [1.29, 1.82) is 0 Å². The van der Waals surface area contributed by atoms with Crippen molar-refractivity contribution in [2.45, 2.75) is 38.5 Å². The van der Waals surface area contributed by atoms with Gasteiger partial charge in [0, 0.05) is 0 Å². The van der Waals surface area contributed by atoms with Gasteiger partial charge >= 0.3 is 0 Å². The van der Waals surface area contributed by atoms with Crippen molar-refractivity contribution >= 4 is 0 Å². The average Bonchev–Trinajstić information content (AvgIpc) is 2.47. The van der Waals surface area contributed by atoms with Gasteiger partial charge in [0.1, 0.15) is 11.5 Å². The third-order valence-corrected chi connectivity index (χ3v) is 5.07. The Balaban J connectivity index is 1.87.